The second kappa shape index (κ2) is 7.58. The van der Waals surface area contributed by atoms with E-state index in [4.69, 9.17) is 4.74 Å². The molecule has 0 aliphatic carbocycles. The number of benzene rings is 3. The van der Waals surface area contributed by atoms with Crippen LogP contribution in [0.5, 0.6) is 11.5 Å². The average molecular weight is 355 g/mol. The number of para-hydroxylation sites is 1. The first-order valence-electron chi connectivity index (χ1n) is 8.51. The first-order chi connectivity index (χ1) is 13.3. The van der Waals surface area contributed by atoms with Gasteiger partial charge in [-0.15, -0.1) is 0 Å². The summed E-state index contributed by atoms with van der Waals surface area (Å²) in [6.07, 6.45) is 5.28. The van der Waals surface area contributed by atoms with Crippen LogP contribution in [-0.2, 0) is 0 Å². The smallest absolute Gasteiger partial charge is 0.255 e. The number of nitrogens with one attached hydrogen (secondary N) is 1. The Labute approximate surface area is 156 Å². The Morgan fingerprint density at radius 1 is 0.889 bits per heavy atom. The van der Waals surface area contributed by atoms with E-state index in [0.717, 1.165) is 11.4 Å². The van der Waals surface area contributed by atoms with Crippen molar-refractivity contribution in [1.29, 1.82) is 0 Å². The van der Waals surface area contributed by atoms with E-state index in [1.165, 1.54) is 0 Å². The number of carbonyl (C=O) groups excluding carboxylic acids is 1. The SMILES string of the molecule is O=C(Nc1cccc(-n2ccnc2)c1)c1cccc(Oc2ccccc2)c1. The molecule has 1 heterocycles. The van der Waals surface area contributed by atoms with Gasteiger partial charge in [-0.3, -0.25) is 4.79 Å². The Bertz CT molecular complexity index is 1040. The standard InChI is InChI=1S/C22H17N3O2/c26-22(24-18-7-5-8-19(15-18)25-13-12-23-16-25)17-6-4-11-21(14-17)27-20-9-2-1-3-10-20/h1-16H,(H,24,26). The third kappa shape index (κ3) is 4.04. The lowest BCUT2D eigenvalue weighted by atomic mass is 10.2. The molecule has 5 nitrogen and oxygen atoms in total. The van der Waals surface area contributed by atoms with Crippen LogP contribution in [0.2, 0.25) is 0 Å². The molecule has 4 rings (SSSR count). The summed E-state index contributed by atoms with van der Waals surface area (Å²) in [6.45, 7) is 0. The Morgan fingerprint density at radius 3 is 2.52 bits per heavy atom. The van der Waals surface area contributed by atoms with Crippen LogP contribution in [0, 0.1) is 0 Å². The van der Waals surface area contributed by atoms with E-state index in [1.807, 2.05) is 71.4 Å². The molecule has 0 radical (unpaired) electrons. The molecular weight excluding hydrogens is 338 g/mol. The van der Waals surface area contributed by atoms with Gasteiger partial charge in [0.25, 0.3) is 5.91 Å². The second-order valence-electron chi connectivity index (χ2n) is 5.92. The largest absolute Gasteiger partial charge is 0.457 e. The Balaban J connectivity index is 1.50. The number of ether oxygens (including phenoxy) is 1. The molecule has 0 saturated heterocycles. The van der Waals surface area contributed by atoms with Crippen LogP contribution in [0.3, 0.4) is 0 Å². The van der Waals surface area contributed by atoms with Gasteiger partial charge in [0, 0.05) is 29.3 Å². The zero-order valence-electron chi connectivity index (χ0n) is 14.4. The van der Waals surface area contributed by atoms with Gasteiger partial charge in [-0.05, 0) is 48.5 Å². The van der Waals surface area contributed by atoms with Crippen LogP contribution in [-0.4, -0.2) is 15.5 Å². The van der Waals surface area contributed by atoms with Gasteiger partial charge < -0.3 is 14.6 Å². The monoisotopic (exact) mass is 355 g/mol. The molecule has 0 aliphatic rings. The highest BCUT2D eigenvalue weighted by molar-refractivity contribution is 6.04. The zero-order valence-corrected chi connectivity index (χ0v) is 14.4. The van der Waals surface area contributed by atoms with Gasteiger partial charge in [-0.1, -0.05) is 30.3 Å². The summed E-state index contributed by atoms with van der Waals surface area (Å²) in [5, 5.41) is 2.92. The Hall–Kier alpha value is -3.86. The molecule has 27 heavy (non-hydrogen) atoms. The fourth-order valence-corrected chi connectivity index (χ4v) is 2.68. The number of hydrogen-bond donors (Lipinski definition) is 1. The molecule has 0 saturated carbocycles. The topological polar surface area (TPSA) is 56.2 Å². The Morgan fingerprint density at radius 2 is 1.70 bits per heavy atom. The van der Waals surface area contributed by atoms with E-state index in [0.29, 0.717) is 17.0 Å². The first-order valence-corrected chi connectivity index (χ1v) is 8.51. The molecule has 1 N–H and O–H groups in total. The molecule has 0 unspecified atom stereocenters. The fourth-order valence-electron chi connectivity index (χ4n) is 2.68. The summed E-state index contributed by atoms with van der Waals surface area (Å²) in [5.74, 6) is 1.14. The number of anilines is 1. The van der Waals surface area contributed by atoms with E-state index in [9.17, 15) is 4.79 Å². The summed E-state index contributed by atoms with van der Waals surface area (Å²) in [4.78, 5) is 16.7. The van der Waals surface area contributed by atoms with E-state index in [1.54, 1.807) is 30.7 Å². The lowest BCUT2D eigenvalue weighted by Gasteiger charge is -2.10. The predicted octanol–water partition coefficient (Wildman–Crippen LogP) is 4.92. The van der Waals surface area contributed by atoms with Crippen LogP contribution in [0.15, 0.2) is 97.6 Å². The van der Waals surface area contributed by atoms with Crippen molar-refractivity contribution in [3.8, 4) is 17.2 Å². The number of hydrogen-bond acceptors (Lipinski definition) is 3. The predicted molar refractivity (Wildman–Crippen MR) is 104 cm³/mol. The van der Waals surface area contributed by atoms with Crippen LogP contribution >= 0.6 is 0 Å². The van der Waals surface area contributed by atoms with Gasteiger partial charge in [0.15, 0.2) is 0 Å². The minimum atomic E-state index is -0.198. The lowest BCUT2D eigenvalue weighted by molar-refractivity contribution is 0.102. The molecule has 0 spiro atoms. The van der Waals surface area contributed by atoms with Crippen molar-refractivity contribution in [3.05, 3.63) is 103 Å². The molecule has 5 heteroatoms. The molecule has 0 bridgehead atoms. The number of aromatic nitrogens is 2. The molecule has 3 aromatic carbocycles. The van der Waals surface area contributed by atoms with Crippen molar-refractivity contribution in [1.82, 2.24) is 9.55 Å². The van der Waals surface area contributed by atoms with Gasteiger partial charge in [-0.2, -0.15) is 0 Å². The van der Waals surface area contributed by atoms with Gasteiger partial charge in [0.1, 0.15) is 11.5 Å². The normalized spacial score (nSPS) is 10.4. The third-order valence-corrected chi connectivity index (χ3v) is 3.98. The third-order valence-electron chi connectivity index (χ3n) is 3.98. The minimum Gasteiger partial charge on any atom is -0.457 e. The average Bonchev–Trinajstić information content (AvgIpc) is 3.24. The summed E-state index contributed by atoms with van der Waals surface area (Å²) in [5.41, 5.74) is 2.16. The molecule has 0 aliphatic heterocycles. The summed E-state index contributed by atoms with van der Waals surface area (Å²) in [6, 6.07) is 24.2. The highest BCUT2D eigenvalue weighted by Crippen LogP contribution is 2.22. The number of rotatable bonds is 5. The van der Waals surface area contributed by atoms with Crippen molar-refractivity contribution >= 4 is 11.6 Å². The van der Waals surface area contributed by atoms with Crippen molar-refractivity contribution in [2.75, 3.05) is 5.32 Å². The maximum Gasteiger partial charge on any atom is 0.255 e. The van der Waals surface area contributed by atoms with Crippen LogP contribution in [0.1, 0.15) is 10.4 Å². The van der Waals surface area contributed by atoms with Gasteiger partial charge in [0.05, 0.1) is 6.33 Å². The molecule has 0 fully saturated rings. The highest BCUT2D eigenvalue weighted by Gasteiger charge is 2.08. The molecule has 132 valence electrons. The van der Waals surface area contributed by atoms with Crippen molar-refractivity contribution < 1.29 is 9.53 Å². The summed E-state index contributed by atoms with van der Waals surface area (Å²) < 4.78 is 7.68. The van der Waals surface area contributed by atoms with Crippen LogP contribution < -0.4 is 10.1 Å². The van der Waals surface area contributed by atoms with Crippen LogP contribution in [0.4, 0.5) is 5.69 Å². The molecule has 1 aromatic heterocycles. The number of amides is 1. The summed E-state index contributed by atoms with van der Waals surface area (Å²) in [7, 11) is 0. The fraction of sp³-hybridized carbons (Fsp3) is 0. The number of nitrogens with zero attached hydrogens (tertiary/aromatic N) is 2. The quantitative estimate of drug-likeness (QED) is 0.553. The molecule has 0 atom stereocenters. The van der Waals surface area contributed by atoms with Gasteiger partial charge in [-0.25, -0.2) is 4.98 Å². The van der Waals surface area contributed by atoms with E-state index in [2.05, 4.69) is 10.3 Å². The van der Waals surface area contributed by atoms with Crippen molar-refractivity contribution in [2.24, 2.45) is 0 Å². The maximum absolute atomic E-state index is 12.6. The lowest BCUT2D eigenvalue weighted by Crippen LogP contribution is -2.12. The van der Waals surface area contributed by atoms with Crippen molar-refractivity contribution in [2.45, 2.75) is 0 Å². The number of carbonyl (C=O) groups is 1. The molecule has 1 amide bonds. The Kier molecular flexibility index (Phi) is 4.66. The van der Waals surface area contributed by atoms with E-state index < -0.39 is 0 Å². The molecular formula is C22H17N3O2. The molecule has 4 aromatic rings. The van der Waals surface area contributed by atoms with Crippen molar-refractivity contribution in [3.63, 3.8) is 0 Å². The first kappa shape index (κ1) is 16.6. The van der Waals surface area contributed by atoms with E-state index in [-0.39, 0.29) is 5.91 Å². The van der Waals surface area contributed by atoms with Gasteiger partial charge in [0.2, 0.25) is 0 Å². The maximum atomic E-state index is 12.6. The highest BCUT2D eigenvalue weighted by atomic mass is 16.5. The second-order valence-corrected chi connectivity index (χ2v) is 5.92. The van der Waals surface area contributed by atoms with Gasteiger partial charge >= 0.3 is 0 Å². The number of imidazole rings is 1. The van der Waals surface area contributed by atoms with E-state index >= 15 is 0 Å². The zero-order chi connectivity index (χ0) is 18.5. The summed E-state index contributed by atoms with van der Waals surface area (Å²) >= 11 is 0. The van der Waals surface area contributed by atoms with Crippen LogP contribution in [0.25, 0.3) is 5.69 Å². The minimum absolute atomic E-state index is 0.198.